The maximum absolute atomic E-state index is 13.0. The summed E-state index contributed by atoms with van der Waals surface area (Å²) in [6, 6.07) is 15.6. The first-order chi connectivity index (χ1) is 13.4. The van der Waals surface area contributed by atoms with E-state index in [-0.39, 0.29) is 23.3 Å². The Labute approximate surface area is 164 Å². The summed E-state index contributed by atoms with van der Waals surface area (Å²) < 4.78 is 13.0. The van der Waals surface area contributed by atoms with Crippen molar-refractivity contribution in [3.63, 3.8) is 0 Å². The van der Waals surface area contributed by atoms with Crippen LogP contribution >= 0.6 is 0 Å². The minimum atomic E-state index is -0.288. The van der Waals surface area contributed by atoms with Crippen molar-refractivity contribution in [3.05, 3.63) is 82.9 Å². The summed E-state index contributed by atoms with van der Waals surface area (Å²) in [5, 5.41) is 6.03. The molecule has 0 fully saturated rings. The van der Waals surface area contributed by atoms with E-state index in [4.69, 9.17) is 0 Å². The predicted octanol–water partition coefficient (Wildman–Crippen LogP) is 4.91. The zero-order valence-electron chi connectivity index (χ0n) is 16.2. The van der Waals surface area contributed by atoms with Crippen LogP contribution < -0.4 is 10.6 Å². The molecule has 0 aliphatic carbocycles. The van der Waals surface area contributed by atoms with Crippen LogP contribution in [-0.2, 0) is 6.54 Å². The zero-order chi connectivity index (χ0) is 20.1. The van der Waals surface area contributed by atoms with Crippen molar-refractivity contribution in [1.29, 1.82) is 0 Å². The van der Waals surface area contributed by atoms with Crippen molar-refractivity contribution in [2.45, 2.75) is 33.2 Å². The summed E-state index contributed by atoms with van der Waals surface area (Å²) in [6.07, 6.45) is 0. The third-order valence-electron chi connectivity index (χ3n) is 4.28. The van der Waals surface area contributed by atoms with Crippen LogP contribution in [0.25, 0.3) is 0 Å². The molecule has 0 atom stereocenters. The van der Waals surface area contributed by atoms with Gasteiger partial charge in [0.2, 0.25) is 5.95 Å². The first-order valence-electron chi connectivity index (χ1n) is 9.16. The maximum atomic E-state index is 13.0. The number of aryl methyl sites for hydroxylation is 1. The topological polar surface area (TPSA) is 66.9 Å². The molecule has 3 rings (SSSR count). The fourth-order valence-electron chi connectivity index (χ4n) is 2.85. The van der Waals surface area contributed by atoms with Crippen LogP contribution in [0, 0.1) is 12.7 Å². The second kappa shape index (κ2) is 8.61. The van der Waals surface area contributed by atoms with Gasteiger partial charge in [-0.15, -0.1) is 0 Å². The van der Waals surface area contributed by atoms with Crippen molar-refractivity contribution in [3.8, 4) is 0 Å². The van der Waals surface area contributed by atoms with Gasteiger partial charge < -0.3 is 10.6 Å². The number of rotatable bonds is 6. The van der Waals surface area contributed by atoms with Gasteiger partial charge in [-0.3, -0.25) is 4.79 Å². The molecule has 0 saturated heterocycles. The molecule has 2 N–H and O–H groups in total. The minimum absolute atomic E-state index is 0.281. The number of hydrogen-bond acceptors (Lipinski definition) is 4. The molecule has 1 heterocycles. The van der Waals surface area contributed by atoms with Crippen LogP contribution in [0.5, 0.6) is 0 Å². The van der Waals surface area contributed by atoms with Crippen molar-refractivity contribution in [2.75, 3.05) is 10.6 Å². The lowest BCUT2D eigenvalue weighted by atomic mass is 10.0. The van der Waals surface area contributed by atoms with E-state index < -0.39 is 0 Å². The average Bonchev–Trinajstić information content (AvgIpc) is 2.67. The van der Waals surface area contributed by atoms with Gasteiger partial charge in [0.05, 0.1) is 0 Å². The number of hydrogen-bond donors (Lipinski definition) is 2. The molecule has 0 spiro atoms. The highest BCUT2D eigenvalue weighted by molar-refractivity contribution is 6.03. The number of para-hydroxylation sites is 1. The van der Waals surface area contributed by atoms with Crippen LogP contribution in [-0.4, -0.2) is 15.9 Å². The molecular weight excluding hydrogens is 355 g/mol. The largest absolute Gasteiger partial charge is 0.350 e. The van der Waals surface area contributed by atoms with Gasteiger partial charge in [-0.2, -0.15) is 0 Å². The third-order valence-corrected chi connectivity index (χ3v) is 4.28. The number of nitrogens with zero attached hydrogens (tertiary/aromatic N) is 2. The van der Waals surface area contributed by atoms with Crippen LogP contribution in [0.2, 0.25) is 0 Å². The summed E-state index contributed by atoms with van der Waals surface area (Å²) in [4.78, 5) is 21.4. The Morgan fingerprint density at radius 1 is 1.07 bits per heavy atom. The normalized spacial score (nSPS) is 10.8. The van der Waals surface area contributed by atoms with Gasteiger partial charge in [0.25, 0.3) is 5.91 Å². The van der Waals surface area contributed by atoms with E-state index in [0.29, 0.717) is 18.2 Å². The van der Waals surface area contributed by atoms with Crippen LogP contribution in [0.15, 0.2) is 54.6 Å². The standard InChI is InChI=1S/C22H23FN4O/c1-14(2)18-6-4-5-7-19(18)26-21(28)20-12-15(3)25-22(27-20)24-13-16-8-10-17(23)11-9-16/h4-12,14H,13H2,1-3H3,(H,26,28)(H,24,25,27). The van der Waals surface area contributed by atoms with Crippen LogP contribution in [0.4, 0.5) is 16.0 Å². The van der Waals surface area contributed by atoms with Crippen molar-refractivity contribution >= 4 is 17.5 Å². The van der Waals surface area contributed by atoms with Crippen LogP contribution in [0.3, 0.4) is 0 Å². The Balaban J connectivity index is 1.75. The van der Waals surface area contributed by atoms with E-state index in [2.05, 4.69) is 34.4 Å². The first kappa shape index (κ1) is 19.5. The summed E-state index contributed by atoms with van der Waals surface area (Å²) in [5.41, 5.74) is 3.70. The summed E-state index contributed by atoms with van der Waals surface area (Å²) >= 11 is 0. The molecule has 0 unspecified atom stereocenters. The molecule has 3 aromatic rings. The summed E-state index contributed by atoms with van der Waals surface area (Å²) in [6.45, 7) is 6.40. The van der Waals surface area contributed by atoms with E-state index in [9.17, 15) is 9.18 Å². The zero-order valence-corrected chi connectivity index (χ0v) is 16.2. The lowest BCUT2D eigenvalue weighted by Gasteiger charge is -2.14. The van der Waals surface area contributed by atoms with E-state index >= 15 is 0 Å². The highest BCUT2D eigenvalue weighted by atomic mass is 19.1. The number of carbonyl (C=O) groups is 1. The predicted molar refractivity (Wildman–Crippen MR) is 109 cm³/mol. The molecule has 0 aliphatic rings. The van der Waals surface area contributed by atoms with E-state index in [1.165, 1.54) is 12.1 Å². The van der Waals surface area contributed by atoms with Gasteiger partial charge in [0.1, 0.15) is 11.5 Å². The number of carbonyl (C=O) groups excluding carboxylic acids is 1. The number of anilines is 2. The Hall–Kier alpha value is -3.28. The number of amides is 1. The lowest BCUT2D eigenvalue weighted by molar-refractivity contribution is 0.102. The number of aromatic nitrogens is 2. The fraction of sp³-hybridized carbons (Fsp3) is 0.227. The van der Waals surface area contributed by atoms with E-state index in [1.54, 1.807) is 18.2 Å². The molecule has 1 amide bonds. The second-order valence-corrected chi connectivity index (χ2v) is 6.89. The van der Waals surface area contributed by atoms with E-state index in [0.717, 1.165) is 16.8 Å². The average molecular weight is 378 g/mol. The smallest absolute Gasteiger partial charge is 0.274 e. The van der Waals surface area contributed by atoms with Gasteiger partial charge in [-0.1, -0.05) is 44.2 Å². The molecule has 1 aromatic heterocycles. The van der Waals surface area contributed by atoms with Gasteiger partial charge in [0.15, 0.2) is 0 Å². The SMILES string of the molecule is Cc1cc(C(=O)Nc2ccccc2C(C)C)nc(NCc2ccc(F)cc2)n1. The molecule has 2 aromatic carbocycles. The molecule has 0 radical (unpaired) electrons. The number of benzene rings is 2. The number of nitrogens with one attached hydrogen (secondary N) is 2. The fourth-order valence-corrected chi connectivity index (χ4v) is 2.85. The number of halogens is 1. The van der Waals surface area contributed by atoms with Crippen molar-refractivity contribution < 1.29 is 9.18 Å². The highest BCUT2D eigenvalue weighted by Gasteiger charge is 2.14. The van der Waals surface area contributed by atoms with Crippen molar-refractivity contribution in [2.24, 2.45) is 0 Å². The Bertz CT molecular complexity index is 971. The maximum Gasteiger partial charge on any atom is 0.274 e. The van der Waals surface area contributed by atoms with Gasteiger partial charge in [0, 0.05) is 17.9 Å². The van der Waals surface area contributed by atoms with Crippen LogP contribution in [0.1, 0.15) is 47.1 Å². The third kappa shape index (κ3) is 4.91. The highest BCUT2D eigenvalue weighted by Crippen LogP contribution is 2.24. The molecule has 0 aliphatic heterocycles. The molecule has 144 valence electrons. The Morgan fingerprint density at radius 3 is 2.50 bits per heavy atom. The molecule has 5 nitrogen and oxygen atoms in total. The first-order valence-corrected chi connectivity index (χ1v) is 9.16. The second-order valence-electron chi connectivity index (χ2n) is 6.89. The molecule has 0 saturated carbocycles. The van der Waals surface area contributed by atoms with Gasteiger partial charge in [-0.25, -0.2) is 14.4 Å². The van der Waals surface area contributed by atoms with E-state index in [1.807, 2.05) is 31.2 Å². The van der Waals surface area contributed by atoms with Gasteiger partial charge >= 0.3 is 0 Å². The molecule has 0 bridgehead atoms. The Morgan fingerprint density at radius 2 is 1.79 bits per heavy atom. The summed E-state index contributed by atoms with van der Waals surface area (Å²) in [5.74, 6) is 0.0721. The monoisotopic (exact) mass is 378 g/mol. The van der Waals surface area contributed by atoms with Crippen molar-refractivity contribution in [1.82, 2.24) is 9.97 Å². The Kier molecular flexibility index (Phi) is 5.99. The summed E-state index contributed by atoms with van der Waals surface area (Å²) in [7, 11) is 0. The lowest BCUT2D eigenvalue weighted by Crippen LogP contribution is -2.17. The quantitative estimate of drug-likeness (QED) is 0.639. The van der Waals surface area contributed by atoms with Gasteiger partial charge in [-0.05, 0) is 48.2 Å². The minimum Gasteiger partial charge on any atom is -0.350 e. The molecule has 6 heteroatoms. The molecule has 28 heavy (non-hydrogen) atoms. The molecular formula is C22H23FN4O.